The van der Waals surface area contributed by atoms with E-state index in [1.165, 1.54) is 54.2 Å². The molecular weight excluding hydrogens is 725 g/mol. The number of anilines is 6. The van der Waals surface area contributed by atoms with Gasteiger partial charge in [-0.3, -0.25) is 0 Å². The van der Waals surface area contributed by atoms with Crippen molar-refractivity contribution in [1.82, 2.24) is 0 Å². The van der Waals surface area contributed by atoms with E-state index in [-0.39, 0.29) is 0 Å². The molecule has 282 valence electrons. The van der Waals surface area contributed by atoms with Crippen molar-refractivity contribution in [2.75, 3.05) is 9.80 Å². The molecule has 0 fully saturated rings. The van der Waals surface area contributed by atoms with Crippen LogP contribution in [0.2, 0.25) is 0 Å². The maximum Gasteiger partial charge on any atom is 0.0540 e. The largest absolute Gasteiger partial charge is 0.310 e. The lowest BCUT2D eigenvalue weighted by molar-refractivity contribution is 1.29. The number of rotatable bonds is 8. The Morgan fingerprint density at radius 2 is 0.583 bits per heavy atom. The van der Waals surface area contributed by atoms with Crippen LogP contribution in [0.15, 0.2) is 243 Å². The highest BCUT2D eigenvalue weighted by molar-refractivity contribution is 6.02. The van der Waals surface area contributed by atoms with Gasteiger partial charge in [0.25, 0.3) is 0 Å². The molecule has 0 spiro atoms. The molecule has 0 heterocycles. The van der Waals surface area contributed by atoms with Crippen LogP contribution in [-0.4, -0.2) is 0 Å². The van der Waals surface area contributed by atoms with E-state index in [2.05, 4.69) is 252 Å². The van der Waals surface area contributed by atoms with Gasteiger partial charge in [0.05, 0.1) is 11.4 Å². The van der Waals surface area contributed by atoms with Gasteiger partial charge in [-0.05, 0) is 115 Å². The van der Waals surface area contributed by atoms with Crippen LogP contribution in [0.1, 0.15) is 0 Å². The third kappa shape index (κ3) is 6.41. The minimum absolute atomic E-state index is 1.10. The van der Waals surface area contributed by atoms with Gasteiger partial charge in [0, 0.05) is 33.5 Å². The summed E-state index contributed by atoms with van der Waals surface area (Å²) in [6.07, 6.45) is 0. The molecule has 11 aromatic carbocycles. The summed E-state index contributed by atoms with van der Waals surface area (Å²) in [6, 6.07) is 87.9. The topological polar surface area (TPSA) is 6.48 Å². The van der Waals surface area contributed by atoms with Gasteiger partial charge in [-0.15, -0.1) is 0 Å². The first-order valence-electron chi connectivity index (χ1n) is 20.6. The molecule has 0 saturated heterocycles. The molecule has 0 bridgehead atoms. The quantitative estimate of drug-likeness (QED) is 0.152. The van der Waals surface area contributed by atoms with E-state index < -0.39 is 0 Å². The molecule has 0 aliphatic carbocycles. The summed E-state index contributed by atoms with van der Waals surface area (Å²) in [5.74, 6) is 0. The zero-order valence-corrected chi connectivity index (χ0v) is 33.0. The van der Waals surface area contributed by atoms with Crippen molar-refractivity contribution in [2.45, 2.75) is 0 Å². The zero-order valence-electron chi connectivity index (χ0n) is 33.0. The van der Waals surface area contributed by atoms with Crippen molar-refractivity contribution >= 4 is 77.2 Å². The minimum atomic E-state index is 1.10. The Bertz CT molecular complexity index is 3300. The van der Waals surface area contributed by atoms with E-state index in [1.807, 2.05) is 0 Å². The normalized spacial score (nSPS) is 11.3. The van der Waals surface area contributed by atoms with Crippen molar-refractivity contribution in [3.8, 4) is 22.3 Å². The molecule has 60 heavy (non-hydrogen) atoms. The number of hydrogen-bond donors (Lipinski definition) is 0. The van der Waals surface area contributed by atoms with E-state index in [0.717, 1.165) is 45.3 Å². The molecule has 0 saturated carbocycles. The molecular formula is C58H40N2. The third-order valence-electron chi connectivity index (χ3n) is 11.8. The molecule has 0 aliphatic rings. The van der Waals surface area contributed by atoms with Gasteiger partial charge in [-0.25, -0.2) is 0 Å². The Kier molecular flexibility index (Phi) is 8.87. The molecule has 0 radical (unpaired) electrons. The predicted molar refractivity (Wildman–Crippen MR) is 257 cm³/mol. The van der Waals surface area contributed by atoms with Crippen molar-refractivity contribution in [3.63, 3.8) is 0 Å². The van der Waals surface area contributed by atoms with E-state index in [1.54, 1.807) is 0 Å². The lowest BCUT2D eigenvalue weighted by Crippen LogP contribution is -2.10. The highest BCUT2D eigenvalue weighted by atomic mass is 15.1. The minimum Gasteiger partial charge on any atom is -0.310 e. The number of nitrogens with zero attached hydrogens (tertiary/aromatic N) is 2. The van der Waals surface area contributed by atoms with Crippen molar-refractivity contribution in [2.24, 2.45) is 0 Å². The van der Waals surface area contributed by atoms with Gasteiger partial charge in [-0.1, -0.05) is 182 Å². The third-order valence-corrected chi connectivity index (χ3v) is 11.8. The SMILES string of the molecule is c1ccc2cc(N(c3ccc(-c4ccc(N(c5ccc(-c6cccc7ccccc67)cc5)c5cccc6ccccc56)cc4)cc3)c3cccc4ccccc34)ccc2c1. The predicted octanol–water partition coefficient (Wildman–Crippen LogP) is 16.6. The summed E-state index contributed by atoms with van der Waals surface area (Å²) in [5, 5.41) is 9.81. The van der Waals surface area contributed by atoms with E-state index in [0.29, 0.717) is 0 Å². The first-order chi connectivity index (χ1) is 29.7. The van der Waals surface area contributed by atoms with Gasteiger partial charge in [-0.2, -0.15) is 0 Å². The van der Waals surface area contributed by atoms with Crippen LogP contribution >= 0.6 is 0 Å². The summed E-state index contributed by atoms with van der Waals surface area (Å²) >= 11 is 0. The molecule has 0 N–H and O–H groups in total. The van der Waals surface area contributed by atoms with Gasteiger partial charge >= 0.3 is 0 Å². The van der Waals surface area contributed by atoms with Gasteiger partial charge in [0.15, 0.2) is 0 Å². The molecule has 11 aromatic rings. The fraction of sp³-hybridized carbons (Fsp3) is 0. The van der Waals surface area contributed by atoms with Crippen LogP contribution in [0, 0.1) is 0 Å². The van der Waals surface area contributed by atoms with Crippen molar-refractivity contribution in [1.29, 1.82) is 0 Å². The Hall–Kier alpha value is -7.94. The number of hydrogen-bond acceptors (Lipinski definition) is 2. The molecule has 2 nitrogen and oxygen atoms in total. The standard InChI is InChI=1S/C58H40N2/c1-2-16-48-40-52(39-30-41(48)12-1)60(58-25-11-19-46-15-5-8-22-56(46)58)51-35-28-43(29-36-51)42-26-33-49(34-27-42)59(57-24-10-18-45-14-4-7-21-55(45)57)50-37-31-47(32-38-50)54-23-9-17-44-13-3-6-20-53(44)54/h1-40H. The molecule has 0 aromatic heterocycles. The summed E-state index contributed by atoms with van der Waals surface area (Å²) in [7, 11) is 0. The van der Waals surface area contributed by atoms with Gasteiger partial charge in [0.1, 0.15) is 0 Å². The summed E-state index contributed by atoms with van der Waals surface area (Å²) in [5.41, 5.74) is 11.5. The van der Waals surface area contributed by atoms with Crippen LogP contribution in [0.25, 0.3) is 65.3 Å². The van der Waals surface area contributed by atoms with E-state index >= 15 is 0 Å². The fourth-order valence-electron chi connectivity index (χ4n) is 8.85. The lowest BCUT2D eigenvalue weighted by atomic mass is 9.98. The highest BCUT2D eigenvalue weighted by Gasteiger charge is 2.18. The zero-order chi connectivity index (χ0) is 39.8. The van der Waals surface area contributed by atoms with Crippen molar-refractivity contribution < 1.29 is 0 Å². The highest BCUT2D eigenvalue weighted by Crippen LogP contribution is 2.43. The summed E-state index contributed by atoms with van der Waals surface area (Å²) in [4.78, 5) is 4.77. The van der Waals surface area contributed by atoms with Crippen LogP contribution in [-0.2, 0) is 0 Å². The second kappa shape index (κ2) is 15.1. The average molecular weight is 765 g/mol. The molecule has 0 atom stereocenters. The molecule has 2 heteroatoms. The molecule has 11 rings (SSSR count). The summed E-state index contributed by atoms with van der Waals surface area (Å²) in [6.45, 7) is 0. The average Bonchev–Trinajstić information content (AvgIpc) is 3.32. The Balaban J connectivity index is 0.963. The molecule has 0 amide bonds. The fourth-order valence-corrected chi connectivity index (χ4v) is 8.85. The number of fused-ring (bicyclic) bond motifs is 4. The molecule has 0 unspecified atom stereocenters. The maximum atomic E-state index is 2.38. The second-order valence-corrected chi connectivity index (χ2v) is 15.4. The Morgan fingerprint density at radius 3 is 1.12 bits per heavy atom. The van der Waals surface area contributed by atoms with Gasteiger partial charge in [0.2, 0.25) is 0 Å². The first-order valence-corrected chi connectivity index (χ1v) is 20.6. The second-order valence-electron chi connectivity index (χ2n) is 15.4. The van der Waals surface area contributed by atoms with Crippen LogP contribution < -0.4 is 9.80 Å². The smallest absolute Gasteiger partial charge is 0.0540 e. The van der Waals surface area contributed by atoms with Crippen LogP contribution in [0.4, 0.5) is 34.1 Å². The monoisotopic (exact) mass is 764 g/mol. The summed E-state index contributed by atoms with van der Waals surface area (Å²) < 4.78 is 0. The Morgan fingerprint density at radius 1 is 0.217 bits per heavy atom. The van der Waals surface area contributed by atoms with Crippen LogP contribution in [0.5, 0.6) is 0 Å². The first kappa shape index (κ1) is 35.2. The van der Waals surface area contributed by atoms with Gasteiger partial charge < -0.3 is 9.80 Å². The lowest BCUT2D eigenvalue weighted by Gasteiger charge is -2.28. The molecule has 0 aliphatic heterocycles. The van der Waals surface area contributed by atoms with E-state index in [9.17, 15) is 0 Å². The Labute approximate surface area is 350 Å². The van der Waals surface area contributed by atoms with Crippen molar-refractivity contribution in [3.05, 3.63) is 243 Å². The number of benzene rings is 11. The maximum absolute atomic E-state index is 2.38. The van der Waals surface area contributed by atoms with E-state index in [4.69, 9.17) is 0 Å². The van der Waals surface area contributed by atoms with Crippen LogP contribution in [0.3, 0.4) is 0 Å².